The van der Waals surface area contributed by atoms with E-state index in [2.05, 4.69) is 4.85 Å². The van der Waals surface area contributed by atoms with Gasteiger partial charge in [-0.15, -0.1) is 0 Å². The lowest BCUT2D eigenvalue weighted by atomic mass is 9.85. The van der Waals surface area contributed by atoms with Crippen LogP contribution in [0.1, 0.15) is 32.6 Å². The minimum absolute atomic E-state index is 0.00355. The van der Waals surface area contributed by atoms with E-state index in [0.717, 1.165) is 19.3 Å². The normalized spacial score (nSPS) is 48.3. The van der Waals surface area contributed by atoms with Crippen LogP contribution in [0.5, 0.6) is 0 Å². The Morgan fingerprint density at radius 3 is 3.11 bits per heavy atom. The van der Waals surface area contributed by atoms with Crippen molar-refractivity contribution in [3.8, 4) is 0 Å². The van der Waals surface area contributed by atoms with Crippen molar-refractivity contribution in [1.29, 1.82) is 0 Å². The van der Waals surface area contributed by atoms with E-state index < -0.39 is 6.29 Å². The van der Waals surface area contributed by atoms with Gasteiger partial charge in [-0.1, -0.05) is 0 Å². The number of rotatable bonds is 2. The van der Waals surface area contributed by atoms with Gasteiger partial charge in [-0.25, -0.2) is 6.57 Å². The Balaban J connectivity index is 1.69. The van der Waals surface area contributed by atoms with Gasteiger partial charge in [-0.3, -0.25) is 0 Å². The van der Waals surface area contributed by atoms with Gasteiger partial charge in [0.25, 0.3) is 0 Å². The molecule has 5 heteroatoms. The predicted molar refractivity (Wildman–Crippen MR) is 62.8 cm³/mol. The lowest BCUT2D eigenvalue weighted by Crippen LogP contribution is -2.54. The molecule has 0 aromatic carbocycles. The Bertz CT molecular complexity index is 368. The van der Waals surface area contributed by atoms with Crippen molar-refractivity contribution in [2.24, 2.45) is 0 Å². The van der Waals surface area contributed by atoms with Crippen LogP contribution in [0.2, 0.25) is 0 Å². The Morgan fingerprint density at radius 1 is 1.50 bits per heavy atom. The average molecular weight is 253 g/mol. The molecule has 100 valence electrons. The number of ether oxygens (including phenoxy) is 3. The zero-order chi connectivity index (χ0) is 12.8. The molecule has 0 amide bonds. The van der Waals surface area contributed by atoms with E-state index in [-0.39, 0.29) is 30.0 Å². The van der Waals surface area contributed by atoms with Crippen LogP contribution >= 0.6 is 0 Å². The first-order valence-corrected chi connectivity index (χ1v) is 6.62. The van der Waals surface area contributed by atoms with Gasteiger partial charge < -0.3 is 24.2 Å². The molecule has 0 aromatic heterocycles. The van der Waals surface area contributed by atoms with Crippen LogP contribution in [-0.2, 0) is 14.2 Å². The molecule has 0 aliphatic carbocycles. The molecule has 3 saturated heterocycles. The molecule has 3 fully saturated rings. The van der Waals surface area contributed by atoms with Crippen LogP contribution in [0, 0.1) is 6.57 Å². The first-order chi connectivity index (χ1) is 8.63. The second-order valence-electron chi connectivity index (χ2n) is 5.66. The second-order valence-corrected chi connectivity index (χ2v) is 5.66. The summed E-state index contributed by atoms with van der Waals surface area (Å²) in [6.07, 6.45) is 2.43. The summed E-state index contributed by atoms with van der Waals surface area (Å²) in [4.78, 5) is 3.53. The van der Waals surface area contributed by atoms with Crippen LogP contribution in [-0.4, -0.2) is 48.0 Å². The summed E-state index contributed by atoms with van der Waals surface area (Å²) >= 11 is 0. The maximum absolute atomic E-state index is 9.65. The van der Waals surface area contributed by atoms with Crippen LogP contribution < -0.4 is 0 Å². The van der Waals surface area contributed by atoms with E-state index >= 15 is 0 Å². The largest absolute Gasteiger partial charge is 0.366 e. The van der Waals surface area contributed by atoms with Crippen molar-refractivity contribution < 1.29 is 19.3 Å². The molecule has 3 aliphatic rings. The SMILES string of the molecule is [C-]#[N+][C@H](C)C[C@H]1CC[C@@H]2O[C@@H]3CC2(COC3O)O1. The van der Waals surface area contributed by atoms with Gasteiger partial charge in [0.2, 0.25) is 6.04 Å². The number of hydrogen-bond acceptors (Lipinski definition) is 4. The molecule has 1 spiro atoms. The Hall–Kier alpha value is -0.670. The minimum Gasteiger partial charge on any atom is -0.366 e. The highest BCUT2D eigenvalue weighted by atomic mass is 16.7. The molecule has 6 atom stereocenters. The van der Waals surface area contributed by atoms with Crippen molar-refractivity contribution in [2.75, 3.05) is 6.61 Å². The number of aliphatic hydroxyl groups excluding tert-OH is 1. The lowest BCUT2D eigenvalue weighted by molar-refractivity contribution is -0.223. The van der Waals surface area contributed by atoms with Crippen LogP contribution in [0.15, 0.2) is 0 Å². The van der Waals surface area contributed by atoms with E-state index in [1.54, 1.807) is 0 Å². The third kappa shape index (κ3) is 1.94. The van der Waals surface area contributed by atoms with Crippen LogP contribution in [0.3, 0.4) is 0 Å². The number of fused-ring (bicyclic) bond motifs is 1. The van der Waals surface area contributed by atoms with E-state index in [1.165, 1.54) is 0 Å². The molecular weight excluding hydrogens is 234 g/mol. The Labute approximate surface area is 107 Å². The topological polar surface area (TPSA) is 52.3 Å². The van der Waals surface area contributed by atoms with Crippen molar-refractivity contribution in [2.45, 2.75) is 68.9 Å². The standard InChI is InChI=1S/C13H19NO4/c1-8(14-2)5-9-3-4-11-13(18-9)6-10(17-11)12(15)16-7-13/h8-12,15H,3-7H2,1H3/t8-,9-,10-,11+,12?,13?/m1/s1. The fraction of sp³-hybridized carbons (Fsp3) is 0.923. The third-order valence-electron chi connectivity index (χ3n) is 4.27. The van der Waals surface area contributed by atoms with Crippen molar-refractivity contribution in [3.63, 3.8) is 0 Å². The molecule has 3 rings (SSSR count). The molecule has 5 nitrogen and oxygen atoms in total. The summed E-state index contributed by atoms with van der Waals surface area (Å²) in [6, 6.07) is -0.00355. The van der Waals surface area contributed by atoms with Gasteiger partial charge in [0.1, 0.15) is 11.7 Å². The summed E-state index contributed by atoms with van der Waals surface area (Å²) in [6.45, 7) is 9.35. The predicted octanol–water partition coefficient (Wildman–Crippen LogP) is 1.11. The monoisotopic (exact) mass is 253 g/mol. The van der Waals surface area contributed by atoms with E-state index in [4.69, 9.17) is 20.8 Å². The first kappa shape index (κ1) is 12.4. The molecule has 3 heterocycles. The van der Waals surface area contributed by atoms with Crippen molar-refractivity contribution in [3.05, 3.63) is 11.4 Å². The zero-order valence-electron chi connectivity index (χ0n) is 10.5. The Morgan fingerprint density at radius 2 is 2.33 bits per heavy atom. The summed E-state index contributed by atoms with van der Waals surface area (Å²) in [7, 11) is 0. The minimum atomic E-state index is -0.814. The van der Waals surface area contributed by atoms with E-state index in [0.29, 0.717) is 13.0 Å². The molecule has 2 bridgehead atoms. The number of nitrogens with zero attached hydrogens (tertiary/aromatic N) is 1. The summed E-state index contributed by atoms with van der Waals surface area (Å²) in [5.74, 6) is 0. The number of aliphatic hydroxyl groups is 1. The quantitative estimate of drug-likeness (QED) is 0.749. The average Bonchev–Trinajstić information content (AvgIpc) is 2.68. The maximum Gasteiger partial charge on any atom is 0.223 e. The summed E-state index contributed by atoms with van der Waals surface area (Å²) in [5, 5.41) is 9.65. The van der Waals surface area contributed by atoms with E-state index in [1.807, 2.05) is 6.92 Å². The summed E-state index contributed by atoms with van der Waals surface area (Å²) < 4.78 is 17.3. The van der Waals surface area contributed by atoms with Crippen LogP contribution in [0.4, 0.5) is 0 Å². The molecule has 2 unspecified atom stereocenters. The lowest BCUT2D eigenvalue weighted by Gasteiger charge is -2.42. The van der Waals surface area contributed by atoms with E-state index in [9.17, 15) is 5.11 Å². The van der Waals surface area contributed by atoms with Crippen molar-refractivity contribution in [1.82, 2.24) is 0 Å². The van der Waals surface area contributed by atoms with Gasteiger partial charge in [0.05, 0.1) is 18.8 Å². The Kier molecular flexibility index (Phi) is 3.07. The molecule has 0 aromatic rings. The first-order valence-electron chi connectivity index (χ1n) is 6.62. The molecule has 3 aliphatic heterocycles. The second kappa shape index (κ2) is 4.46. The molecule has 0 radical (unpaired) electrons. The van der Waals surface area contributed by atoms with Gasteiger partial charge in [-0.05, 0) is 12.8 Å². The van der Waals surface area contributed by atoms with Gasteiger partial charge in [0, 0.05) is 19.8 Å². The fourth-order valence-electron chi connectivity index (χ4n) is 3.33. The van der Waals surface area contributed by atoms with Crippen molar-refractivity contribution >= 4 is 0 Å². The maximum atomic E-state index is 9.65. The van der Waals surface area contributed by atoms with Gasteiger partial charge >= 0.3 is 0 Å². The summed E-state index contributed by atoms with van der Waals surface area (Å²) in [5.41, 5.74) is -0.380. The zero-order valence-corrected chi connectivity index (χ0v) is 10.5. The van der Waals surface area contributed by atoms with Gasteiger partial charge in [0.15, 0.2) is 6.29 Å². The molecule has 0 saturated carbocycles. The molecule has 1 N–H and O–H groups in total. The molecular formula is C13H19NO4. The number of hydrogen-bond donors (Lipinski definition) is 1. The fourth-order valence-corrected chi connectivity index (χ4v) is 3.33. The third-order valence-corrected chi connectivity index (χ3v) is 4.27. The highest BCUT2D eigenvalue weighted by molar-refractivity contribution is 5.04. The van der Waals surface area contributed by atoms with Gasteiger partial charge in [-0.2, -0.15) is 0 Å². The smallest absolute Gasteiger partial charge is 0.223 e. The highest BCUT2D eigenvalue weighted by Gasteiger charge is 2.58. The van der Waals surface area contributed by atoms with Crippen LogP contribution in [0.25, 0.3) is 4.85 Å². The highest BCUT2D eigenvalue weighted by Crippen LogP contribution is 2.46. The molecule has 18 heavy (non-hydrogen) atoms.